The second-order valence-corrected chi connectivity index (χ2v) is 4.64. The molecule has 6 heteroatoms. The molecular weight excluding hydrogens is 246 g/mol. The lowest BCUT2D eigenvalue weighted by Gasteiger charge is -2.09. The quantitative estimate of drug-likeness (QED) is 0.445. The van der Waals surface area contributed by atoms with Crippen molar-refractivity contribution in [3.05, 3.63) is 27.9 Å². The van der Waals surface area contributed by atoms with Crippen LogP contribution in [0.25, 0.3) is 0 Å². The second kappa shape index (κ2) is 7.68. The Morgan fingerprint density at radius 2 is 2.21 bits per heavy atom. The van der Waals surface area contributed by atoms with Crippen molar-refractivity contribution < 1.29 is 9.66 Å². The third kappa shape index (κ3) is 5.21. The fourth-order valence-electron chi connectivity index (χ4n) is 1.66. The molecule has 0 fully saturated rings. The average molecular weight is 267 g/mol. The molecule has 0 atom stereocenters. The summed E-state index contributed by atoms with van der Waals surface area (Å²) in [5.41, 5.74) is 0.673. The SMILES string of the molecule is Cc1ccnc(NCCCCOC(C)C)c1[N+](=O)[O-]. The van der Waals surface area contributed by atoms with Crippen molar-refractivity contribution in [1.29, 1.82) is 0 Å². The van der Waals surface area contributed by atoms with Gasteiger partial charge in [0.1, 0.15) is 0 Å². The Bertz CT molecular complexity index is 422. The minimum atomic E-state index is -0.396. The van der Waals surface area contributed by atoms with E-state index in [4.69, 9.17) is 4.74 Å². The summed E-state index contributed by atoms with van der Waals surface area (Å²) in [6.45, 7) is 7.07. The van der Waals surface area contributed by atoms with Gasteiger partial charge in [0, 0.05) is 24.9 Å². The number of unbranched alkanes of at least 4 members (excludes halogenated alkanes) is 1. The Hall–Kier alpha value is -1.69. The van der Waals surface area contributed by atoms with Gasteiger partial charge in [-0.1, -0.05) is 0 Å². The van der Waals surface area contributed by atoms with E-state index >= 15 is 0 Å². The summed E-state index contributed by atoms with van der Waals surface area (Å²) in [4.78, 5) is 14.6. The van der Waals surface area contributed by atoms with Crippen LogP contribution in [0.15, 0.2) is 12.3 Å². The van der Waals surface area contributed by atoms with Crippen LogP contribution in [0.4, 0.5) is 11.5 Å². The molecular formula is C13H21N3O3. The van der Waals surface area contributed by atoms with Crippen molar-refractivity contribution >= 4 is 11.5 Å². The Morgan fingerprint density at radius 1 is 1.47 bits per heavy atom. The predicted octanol–water partition coefficient (Wildman–Crippen LogP) is 2.92. The highest BCUT2D eigenvalue weighted by atomic mass is 16.6. The molecule has 0 saturated heterocycles. The second-order valence-electron chi connectivity index (χ2n) is 4.64. The Morgan fingerprint density at radius 3 is 2.84 bits per heavy atom. The first-order valence-corrected chi connectivity index (χ1v) is 6.48. The minimum absolute atomic E-state index is 0.0564. The van der Waals surface area contributed by atoms with Gasteiger partial charge in [0.05, 0.1) is 11.0 Å². The van der Waals surface area contributed by atoms with Crippen LogP contribution >= 0.6 is 0 Å². The summed E-state index contributed by atoms with van der Waals surface area (Å²) < 4.78 is 5.42. The van der Waals surface area contributed by atoms with Crippen LogP contribution in [0.1, 0.15) is 32.3 Å². The average Bonchev–Trinajstić information content (AvgIpc) is 2.32. The summed E-state index contributed by atoms with van der Waals surface area (Å²) in [5.74, 6) is 0.342. The molecule has 0 amide bonds. The molecule has 1 N–H and O–H groups in total. The zero-order valence-corrected chi connectivity index (χ0v) is 11.7. The van der Waals surface area contributed by atoms with Crippen molar-refractivity contribution in [2.45, 2.75) is 39.7 Å². The van der Waals surface area contributed by atoms with Gasteiger partial charge < -0.3 is 10.1 Å². The number of aromatic nitrogens is 1. The van der Waals surface area contributed by atoms with Crippen molar-refractivity contribution in [2.75, 3.05) is 18.5 Å². The topological polar surface area (TPSA) is 77.3 Å². The van der Waals surface area contributed by atoms with Crippen LogP contribution in [0.2, 0.25) is 0 Å². The zero-order chi connectivity index (χ0) is 14.3. The van der Waals surface area contributed by atoms with Crippen LogP contribution in [0, 0.1) is 17.0 Å². The van der Waals surface area contributed by atoms with E-state index in [1.165, 1.54) is 0 Å². The van der Waals surface area contributed by atoms with Crippen molar-refractivity contribution in [1.82, 2.24) is 4.98 Å². The standard InChI is InChI=1S/C13H21N3O3/c1-10(2)19-9-5-4-7-14-13-12(16(17)18)11(3)6-8-15-13/h6,8,10H,4-5,7,9H2,1-3H3,(H,14,15). The number of aryl methyl sites for hydroxylation is 1. The largest absolute Gasteiger partial charge is 0.379 e. The number of anilines is 1. The monoisotopic (exact) mass is 267 g/mol. The van der Waals surface area contributed by atoms with E-state index in [-0.39, 0.29) is 11.8 Å². The van der Waals surface area contributed by atoms with Crippen LogP contribution in [0.3, 0.4) is 0 Å². The Kier molecular flexibility index (Phi) is 6.21. The third-order valence-corrected chi connectivity index (χ3v) is 2.62. The van der Waals surface area contributed by atoms with Gasteiger partial charge >= 0.3 is 5.69 Å². The summed E-state index contributed by atoms with van der Waals surface area (Å²) >= 11 is 0. The fraction of sp³-hybridized carbons (Fsp3) is 0.615. The minimum Gasteiger partial charge on any atom is -0.379 e. The van der Waals surface area contributed by atoms with Crippen LogP contribution < -0.4 is 5.32 Å². The smallest absolute Gasteiger partial charge is 0.314 e. The summed E-state index contributed by atoms with van der Waals surface area (Å²) in [6.07, 6.45) is 3.63. The van der Waals surface area contributed by atoms with Crippen molar-refractivity contribution in [2.24, 2.45) is 0 Å². The van der Waals surface area contributed by atoms with Gasteiger partial charge in [0.2, 0.25) is 5.82 Å². The van der Waals surface area contributed by atoms with Gasteiger partial charge in [-0.3, -0.25) is 10.1 Å². The molecule has 0 radical (unpaired) electrons. The Balaban J connectivity index is 2.41. The van der Waals surface area contributed by atoms with Gasteiger partial charge in [-0.2, -0.15) is 0 Å². The lowest BCUT2D eigenvalue weighted by molar-refractivity contribution is -0.384. The highest BCUT2D eigenvalue weighted by molar-refractivity contribution is 5.59. The highest BCUT2D eigenvalue weighted by Gasteiger charge is 2.17. The third-order valence-electron chi connectivity index (χ3n) is 2.62. The van der Waals surface area contributed by atoms with E-state index in [0.29, 0.717) is 24.5 Å². The first-order chi connectivity index (χ1) is 9.02. The number of hydrogen-bond donors (Lipinski definition) is 1. The molecule has 19 heavy (non-hydrogen) atoms. The fourth-order valence-corrected chi connectivity index (χ4v) is 1.66. The number of rotatable bonds is 8. The number of pyridine rings is 1. The van der Waals surface area contributed by atoms with E-state index in [9.17, 15) is 10.1 Å². The molecule has 0 aliphatic rings. The van der Waals surface area contributed by atoms with E-state index in [2.05, 4.69) is 10.3 Å². The van der Waals surface area contributed by atoms with Gasteiger partial charge in [-0.15, -0.1) is 0 Å². The molecule has 0 spiro atoms. The van der Waals surface area contributed by atoms with Crippen molar-refractivity contribution in [3.8, 4) is 0 Å². The maximum absolute atomic E-state index is 11.0. The number of nitro groups is 1. The van der Waals surface area contributed by atoms with E-state index in [1.54, 1.807) is 19.2 Å². The first kappa shape index (κ1) is 15.4. The molecule has 106 valence electrons. The van der Waals surface area contributed by atoms with Crippen LogP contribution in [0.5, 0.6) is 0 Å². The molecule has 0 aromatic carbocycles. The van der Waals surface area contributed by atoms with Gasteiger partial charge in [0.25, 0.3) is 0 Å². The molecule has 1 heterocycles. The Labute approximate surface area is 113 Å². The zero-order valence-electron chi connectivity index (χ0n) is 11.7. The molecule has 1 aromatic heterocycles. The van der Waals surface area contributed by atoms with Gasteiger partial charge in [0.15, 0.2) is 0 Å². The van der Waals surface area contributed by atoms with E-state index in [0.717, 1.165) is 12.8 Å². The molecule has 0 aliphatic heterocycles. The lowest BCUT2D eigenvalue weighted by atomic mass is 10.2. The van der Waals surface area contributed by atoms with Crippen molar-refractivity contribution in [3.63, 3.8) is 0 Å². The number of nitrogens with one attached hydrogen (secondary N) is 1. The summed E-state index contributed by atoms with van der Waals surface area (Å²) in [6, 6.07) is 1.64. The maximum atomic E-state index is 11.0. The van der Waals surface area contributed by atoms with Gasteiger partial charge in [-0.05, 0) is 39.7 Å². The molecule has 1 aromatic rings. The number of ether oxygens (including phenoxy) is 1. The normalized spacial score (nSPS) is 10.7. The summed E-state index contributed by atoms with van der Waals surface area (Å²) in [5, 5.41) is 14.0. The summed E-state index contributed by atoms with van der Waals surface area (Å²) in [7, 11) is 0. The molecule has 0 aliphatic carbocycles. The van der Waals surface area contributed by atoms with E-state index < -0.39 is 4.92 Å². The number of nitrogens with zero attached hydrogens (tertiary/aromatic N) is 2. The molecule has 1 rings (SSSR count). The molecule has 0 unspecified atom stereocenters. The molecule has 6 nitrogen and oxygen atoms in total. The molecule has 0 bridgehead atoms. The highest BCUT2D eigenvalue weighted by Crippen LogP contribution is 2.25. The number of hydrogen-bond acceptors (Lipinski definition) is 5. The van der Waals surface area contributed by atoms with E-state index in [1.807, 2.05) is 13.8 Å². The van der Waals surface area contributed by atoms with Crippen LogP contribution in [-0.4, -0.2) is 29.2 Å². The maximum Gasteiger partial charge on any atom is 0.314 e. The predicted molar refractivity (Wildman–Crippen MR) is 74.4 cm³/mol. The van der Waals surface area contributed by atoms with Gasteiger partial charge in [-0.25, -0.2) is 4.98 Å². The van der Waals surface area contributed by atoms with Crippen LogP contribution in [-0.2, 0) is 4.74 Å². The first-order valence-electron chi connectivity index (χ1n) is 6.48. The lowest BCUT2D eigenvalue weighted by Crippen LogP contribution is -2.09. The molecule has 0 saturated carbocycles.